The fourth-order valence-electron chi connectivity index (χ4n) is 2.06. The molecule has 0 fully saturated rings. The van der Waals surface area contributed by atoms with Crippen LogP contribution in [-0.4, -0.2) is 12.3 Å². The molecule has 0 aliphatic carbocycles. The minimum absolute atomic E-state index is 0.107. The van der Waals surface area contributed by atoms with Crippen molar-refractivity contribution in [3.05, 3.63) is 79.9 Å². The zero-order chi connectivity index (χ0) is 16.8. The minimum Gasteiger partial charge on any atom is -0.382 e. The summed E-state index contributed by atoms with van der Waals surface area (Å²) in [7, 11) is 0. The molecule has 1 N–H and O–H groups in total. The highest BCUT2D eigenvalue weighted by molar-refractivity contribution is 6.34. The number of anilines is 1. The third-order valence-corrected chi connectivity index (χ3v) is 3.51. The first-order valence-electron chi connectivity index (χ1n) is 7.07. The van der Waals surface area contributed by atoms with Crippen molar-refractivity contribution in [1.82, 2.24) is 0 Å². The third kappa shape index (κ3) is 4.68. The molecule has 0 spiro atoms. The Morgan fingerprint density at radius 3 is 2.43 bits per heavy atom. The van der Waals surface area contributed by atoms with Crippen LogP contribution in [0.25, 0.3) is 6.08 Å². The van der Waals surface area contributed by atoms with Gasteiger partial charge in [-0.2, -0.15) is 0 Å². The molecule has 2 aromatic rings. The standard InChI is InChI=1S/C18H15Cl2NO2/c1-2-21-16-6-4-3-5-15(18(16)23)17(22)8-7-12-9-13(19)11-14(20)10-12/h3-11H,2H2,1H3,(H,21,23)/b8-7-. The van der Waals surface area contributed by atoms with Crippen LogP contribution in [0.15, 0.2) is 53.3 Å². The molecule has 0 aromatic heterocycles. The molecule has 3 nitrogen and oxygen atoms in total. The molecule has 23 heavy (non-hydrogen) atoms. The van der Waals surface area contributed by atoms with E-state index in [1.54, 1.807) is 42.5 Å². The fraction of sp³-hybridized carbons (Fsp3) is 0.111. The van der Waals surface area contributed by atoms with Crippen LogP contribution >= 0.6 is 23.2 Å². The van der Waals surface area contributed by atoms with E-state index < -0.39 is 0 Å². The predicted octanol–water partition coefficient (Wildman–Crippen LogP) is 4.68. The lowest BCUT2D eigenvalue weighted by atomic mass is 10.1. The van der Waals surface area contributed by atoms with E-state index >= 15 is 0 Å². The fourth-order valence-corrected chi connectivity index (χ4v) is 2.60. The zero-order valence-electron chi connectivity index (χ0n) is 12.5. The summed E-state index contributed by atoms with van der Waals surface area (Å²) in [6, 6.07) is 11.5. The lowest BCUT2D eigenvalue weighted by molar-refractivity contribution is 0.104. The maximum Gasteiger partial charge on any atom is 0.212 e. The van der Waals surface area contributed by atoms with Gasteiger partial charge in [-0.3, -0.25) is 9.59 Å². The highest BCUT2D eigenvalue weighted by atomic mass is 35.5. The topological polar surface area (TPSA) is 46.2 Å². The van der Waals surface area contributed by atoms with Crippen LogP contribution in [0.1, 0.15) is 22.8 Å². The molecule has 0 saturated carbocycles. The maximum absolute atomic E-state index is 12.4. The van der Waals surface area contributed by atoms with Gasteiger partial charge in [0.2, 0.25) is 5.43 Å². The molecule has 0 atom stereocenters. The molecule has 0 unspecified atom stereocenters. The van der Waals surface area contributed by atoms with Gasteiger partial charge in [0.15, 0.2) is 5.78 Å². The summed E-state index contributed by atoms with van der Waals surface area (Å²) in [6.45, 7) is 2.49. The number of benzene rings is 1. The molecule has 0 radical (unpaired) electrons. The van der Waals surface area contributed by atoms with E-state index in [0.29, 0.717) is 27.8 Å². The van der Waals surface area contributed by atoms with Gasteiger partial charge in [-0.25, -0.2) is 0 Å². The van der Waals surface area contributed by atoms with Crippen LogP contribution in [0.2, 0.25) is 10.0 Å². The van der Waals surface area contributed by atoms with Crippen molar-refractivity contribution >= 4 is 40.7 Å². The quantitative estimate of drug-likeness (QED) is 0.630. The predicted molar refractivity (Wildman–Crippen MR) is 96.7 cm³/mol. The average Bonchev–Trinajstić information content (AvgIpc) is 2.67. The highest BCUT2D eigenvalue weighted by Crippen LogP contribution is 2.20. The Hall–Kier alpha value is -2.10. The molecule has 118 valence electrons. The number of halogens is 2. The van der Waals surface area contributed by atoms with Gasteiger partial charge in [0.05, 0.1) is 11.3 Å². The van der Waals surface area contributed by atoms with E-state index in [2.05, 4.69) is 5.32 Å². The van der Waals surface area contributed by atoms with E-state index in [0.717, 1.165) is 0 Å². The highest BCUT2D eigenvalue weighted by Gasteiger charge is 2.09. The summed E-state index contributed by atoms with van der Waals surface area (Å²) in [5, 5.41) is 3.92. The van der Waals surface area contributed by atoms with Gasteiger partial charge >= 0.3 is 0 Å². The monoisotopic (exact) mass is 347 g/mol. The van der Waals surface area contributed by atoms with Gasteiger partial charge < -0.3 is 5.32 Å². The largest absolute Gasteiger partial charge is 0.382 e. The summed E-state index contributed by atoms with van der Waals surface area (Å²) < 4.78 is 0. The Kier molecular flexibility index (Phi) is 5.97. The van der Waals surface area contributed by atoms with Gasteiger partial charge in [0.1, 0.15) is 0 Å². The smallest absolute Gasteiger partial charge is 0.212 e. The number of rotatable bonds is 5. The van der Waals surface area contributed by atoms with Crippen LogP contribution in [0.4, 0.5) is 5.69 Å². The summed E-state index contributed by atoms with van der Waals surface area (Å²) in [5.74, 6) is -0.374. The first-order chi connectivity index (χ1) is 11.0. The van der Waals surface area contributed by atoms with Crippen molar-refractivity contribution < 1.29 is 4.79 Å². The van der Waals surface area contributed by atoms with E-state index in [4.69, 9.17) is 23.2 Å². The Morgan fingerprint density at radius 2 is 1.78 bits per heavy atom. The number of nitrogens with one attached hydrogen (secondary N) is 1. The van der Waals surface area contributed by atoms with Crippen molar-refractivity contribution in [2.24, 2.45) is 0 Å². The normalized spacial score (nSPS) is 10.7. The second-order valence-electron chi connectivity index (χ2n) is 4.81. The molecule has 2 rings (SSSR count). The zero-order valence-corrected chi connectivity index (χ0v) is 14.0. The van der Waals surface area contributed by atoms with E-state index in [1.807, 2.05) is 6.92 Å². The number of allylic oxidation sites excluding steroid dienone is 1. The van der Waals surface area contributed by atoms with Gasteiger partial charge in [-0.05, 0) is 48.9 Å². The minimum atomic E-state index is -0.374. The second-order valence-corrected chi connectivity index (χ2v) is 5.68. The number of carbonyl (C=O) groups is 1. The van der Waals surface area contributed by atoms with Crippen molar-refractivity contribution in [1.29, 1.82) is 0 Å². The van der Waals surface area contributed by atoms with Crippen LogP contribution in [-0.2, 0) is 0 Å². The van der Waals surface area contributed by atoms with E-state index in [-0.39, 0.29) is 16.8 Å². The number of hydrogen-bond donors (Lipinski definition) is 1. The van der Waals surface area contributed by atoms with Gasteiger partial charge in [0.25, 0.3) is 0 Å². The molecule has 5 heteroatoms. The van der Waals surface area contributed by atoms with Crippen LogP contribution in [0.3, 0.4) is 0 Å². The summed E-state index contributed by atoms with van der Waals surface area (Å²) >= 11 is 11.8. The summed E-state index contributed by atoms with van der Waals surface area (Å²) in [4.78, 5) is 24.7. The average molecular weight is 348 g/mol. The Bertz CT molecular complexity index is 796. The van der Waals surface area contributed by atoms with Crippen molar-refractivity contribution in [2.75, 3.05) is 11.9 Å². The SMILES string of the molecule is CCNc1ccccc(C(=O)/C=C\c2cc(Cl)cc(Cl)c2)c1=O. The van der Waals surface area contributed by atoms with E-state index in [1.165, 1.54) is 12.1 Å². The first kappa shape index (κ1) is 17.3. The van der Waals surface area contributed by atoms with E-state index in [9.17, 15) is 9.59 Å². The molecule has 0 heterocycles. The van der Waals surface area contributed by atoms with Crippen molar-refractivity contribution in [3.8, 4) is 0 Å². The molecule has 2 aromatic carbocycles. The number of hydrogen-bond acceptors (Lipinski definition) is 3. The number of ketones is 1. The van der Waals surface area contributed by atoms with Crippen molar-refractivity contribution in [3.63, 3.8) is 0 Å². The second kappa shape index (κ2) is 7.95. The summed E-state index contributed by atoms with van der Waals surface area (Å²) in [6.07, 6.45) is 2.92. The number of carbonyl (C=O) groups excluding carboxylic acids is 1. The molecule has 0 bridgehead atoms. The maximum atomic E-state index is 12.4. The molecule has 0 aliphatic rings. The molecule has 0 aliphatic heterocycles. The Labute approximate surface area is 144 Å². The Morgan fingerprint density at radius 1 is 1.13 bits per heavy atom. The molecule has 0 saturated heterocycles. The van der Waals surface area contributed by atoms with Gasteiger partial charge in [0, 0.05) is 16.6 Å². The van der Waals surface area contributed by atoms with Crippen LogP contribution < -0.4 is 10.7 Å². The van der Waals surface area contributed by atoms with Gasteiger partial charge in [-0.1, -0.05) is 41.4 Å². The Balaban J connectivity index is 2.34. The van der Waals surface area contributed by atoms with Crippen LogP contribution in [0, 0.1) is 0 Å². The lowest BCUT2D eigenvalue weighted by Gasteiger charge is -1.99. The molecular formula is C18H15Cl2NO2. The molecule has 0 amide bonds. The molecular weight excluding hydrogens is 333 g/mol. The lowest BCUT2D eigenvalue weighted by Crippen LogP contribution is -2.15. The third-order valence-electron chi connectivity index (χ3n) is 3.07. The summed E-state index contributed by atoms with van der Waals surface area (Å²) in [5.41, 5.74) is 0.876. The van der Waals surface area contributed by atoms with Crippen LogP contribution in [0.5, 0.6) is 0 Å². The van der Waals surface area contributed by atoms with Gasteiger partial charge in [-0.15, -0.1) is 0 Å². The van der Waals surface area contributed by atoms with Crippen molar-refractivity contribution in [2.45, 2.75) is 6.92 Å². The first-order valence-corrected chi connectivity index (χ1v) is 7.82.